The molecule has 0 radical (unpaired) electrons. The van der Waals surface area contributed by atoms with E-state index in [9.17, 15) is 19.2 Å². The first-order chi connectivity index (χ1) is 12.9. The highest BCUT2D eigenvalue weighted by atomic mass is 16.5. The van der Waals surface area contributed by atoms with E-state index in [-0.39, 0.29) is 25.4 Å². The minimum atomic E-state index is -0.940. The van der Waals surface area contributed by atoms with Crippen LogP contribution in [0.5, 0.6) is 11.5 Å². The molecule has 0 aliphatic carbocycles. The molecular weight excluding hydrogens is 356 g/mol. The lowest BCUT2D eigenvalue weighted by atomic mass is 10.1. The molecule has 1 N–H and O–H groups in total. The Morgan fingerprint density at radius 2 is 1.96 bits per heavy atom. The summed E-state index contributed by atoms with van der Waals surface area (Å²) >= 11 is 0. The van der Waals surface area contributed by atoms with Crippen LogP contribution in [0.2, 0.25) is 0 Å². The van der Waals surface area contributed by atoms with Gasteiger partial charge in [-0.2, -0.15) is 0 Å². The van der Waals surface area contributed by atoms with Crippen LogP contribution in [0.4, 0.5) is 0 Å². The predicted molar refractivity (Wildman–Crippen MR) is 93.6 cm³/mol. The minimum absolute atomic E-state index is 0.124. The third-order valence-corrected chi connectivity index (χ3v) is 4.16. The molecule has 2 amide bonds. The van der Waals surface area contributed by atoms with Crippen molar-refractivity contribution in [1.29, 1.82) is 0 Å². The Balaban J connectivity index is 2.08. The second kappa shape index (κ2) is 9.02. The van der Waals surface area contributed by atoms with Crippen LogP contribution in [-0.2, 0) is 19.1 Å². The maximum Gasteiger partial charge on any atom is 0.308 e. The highest BCUT2D eigenvalue weighted by Crippen LogP contribution is 2.28. The number of carbonyl (C=O) groups is 4. The monoisotopic (exact) mass is 378 g/mol. The zero-order valence-corrected chi connectivity index (χ0v) is 15.4. The Labute approximate surface area is 156 Å². The summed E-state index contributed by atoms with van der Waals surface area (Å²) in [5, 5.41) is 2.62. The molecule has 1 aliphatic heterocycles. The van der Waals surface area contributed by atoms with Gasteiger partial charge in [-0.25, -0.2) is 0 Å². The third kappa shape index (κ3) is 4.96. The smallest absolute Gasteiger partial charge is 0.308 e. The molecule has 1 saturated heterocycles. The van der Waals surface area contributed by atoms with Gasteiger partial charge in [0.1, 0.15) is 6.04 Å². The summed E-state index contributed by atoms with van der Waals surface area (Å²) in [6.45, 7) is 1.64. The van der Waals surface area contributed by atoms with Crippen LogP contribution < -0.4 is 14.8 Å². The van der Waals surface area contributed by atoms with Crippen LogP contribution in [0.25, 0.3) is 0 Å². The molecule has 0 spiro atoms. The fraction of sp³-hybridized carbons (Fsp3) is 0.444. The molecular formula is C18H22N2O7. The number of ether oxygens (including phenoxy) is 3. The van der Waals surface area contributed by atoms with Gasteiger partial charge in [0.05, 0.1) is 20.6 Å². The van der Waals surface area contributed by atoms with Crippen molar-refractivity contribution in [3.05, 3.63) is 23.8 Å². The van der Waals surface area contributed by atoms with Gasteiger partial charge in [0.25, 0.3) is 5.91 Å². The number of methoxy groups -OCH3 is 2. The normalized spacial score (nSPS) is 16.3. The average Bonchev–Trinajstić information content (AvgIpc) is 2.67. The second-order valence-electron chi connectivity index (χ2n) is 5.88. The molecule has 1 heterocycles. The summed E-state index contributed by atoms with van der Waals surface area (Å²) in [6.07, 6.45) is -0.231. The number of piperazine rings is 1. The largest absolute Gasteiger partial charge is 0.493 e. The first kappa shape index (κ1) is 20.2. The summed E-state index contributed by atoms with van der Waals surface area (Å²) in [5.74, 6) is -0.960. The average molecular weight is 378 g/mol. The van der Waals surface area contributed by atoms with Crippen LogP contribution in [0, 0.1) is 0 Å². The van der Waals surface area contributed by atoms with Crippen molar-refractivity contribution in [2.75, 3.05) is 33.9 Å². The number of rotatable bonds is 7. The van der Waals surface area contributed by atoms with Crippen molar-refractivity contribution in [3.63, 3.8) is 0 Å². The minimum Gasteiger partial charge on any atom is -0.493 e. The second-order valence-corrected chi connectivity index (χ2v) is 5.88. The van der Waals surface area contributed by atoms with Gasteiger partial charge in [0.2, 0.25) is 5.91 Å². The quantitative estimate of drug-likeness (QED) is 0.532. The lowest BCUT2D eigenvalue weighted by Crippen LogP contribution is -2.58. The molecule has 9 nitrogen and oxygen atoms in total. The maximum atomic E-state index is 12.5. The van der Waals surface area contributed by atoms with Gasteiger partial charge >= 0.3 is 5.97 Å². The fourth-order valence-electron chi connectivity index (χ4n) is 2.69. The lowest BCUT2D eigenvalue weighted by molar-refractivity contribution is -0.151. The Morgan fingerprint density at radius 3 is 2.59 bits per heavy atom. The Kier molecular flexibility index (Phi) is 6.75. The van der Waals surface area contributed by atoms with E-state index >= 15 is 0 Å². The van der Waals surface area contributed by atoms with Crippen molar-refractivity contribution in [2.24, 2.45) is 0 Å². The molecule has 1 aliphatic rings. The summed E-state index contributed by atoms with van der Waals surface area (Å²) in [7, 11) is 2.64. The zero-order valence-electron chi connectivity index (χ0n) is 15.4. The zero-order chi connectivity index (χ0) is 20.0. The number of Topliss-reactive ketones (excluding diaryl/α,β-unsaturated/α-hetero) is 1. The van der Waals surface area contributed by atoms with Crippen LogP contribution in [0.15, 0.2) is 18.2 Å². The van der Waals surface area contributed by atoms with Crippen molar-refractivity contribution in [3.8, 4) is 11.5 Å². The SMILES string of the molecule is COC(=O)C[C@@H]1C(=O)NCCN1C(=O)COc1ccc(C(C)=O)cc1OC. The van der Waals surface area contributed by atoms with E-state index in [0.29, 0.717) is 23.6 Å². The number of esters is 1. The Hall–Kier alpha value is -3.10. The number of hydrogen-bond donors (Lipinski definition) is 1. The Morgan fingerprint density at radius 1 is 1.22 bits per heavy atom. The molecule has 146 valence electrons. The van der Waals surface area contributed by atoms with Crippen LogP contribution in [-0.4, -0.2) is 68.4 Å². The topological polar surface area (TPSA) is 111 Å². The predicted octanol–water partition coefficient (Wildman–Crippen LogP) is 0.167. The standard InChI is InChI=1S/C18H22N2O7/c1-11(21)12-4-5-14(15(8-12)25-2)27-10-16(22)20-7-6-19-18(24)13(20)9-17(23)26-3/h4-5,8,13H,6-7,9-10H2,1-3H3,(H,19,24)/t13-/m1/s1. The molecule has 0 unspecified atom stereocenters. The molecule has 1 aromatic rings. The number of nitrogens with one attached hydrogen (secondary N) is 1. The van der Waals surface area contributed by atoms with Crippen molar-refractivity contribution < 1.29 is 33.4 Å². The van der Waals surface area contributed by atoms with Gasteiger partial charge in [-0.1, -0.05) is 0 Å². The Bertz CT molecular complexity index is 747. The maximum absolute atomic E-state index is 12.5. The number of nitrogens with zero attached hydrogens (tertiary/aromatic N) is 1. The first-order valence-corrected chi connectivity index (χ1v) is 8.33. The van der Waals surface area contributed by atoms with E-state index in [1.165, 1.54) is 38.2 Å². The summed E-state index contributed by atoms with van der Waals surface area (Å²) in [4.78, 5) is 48.8. The number of ketones is 1. The van der Waals surface area contributed by atoms with Crippen molar-refractivity contribution in [1.82, 2.24) is 10.2 Å². The lowest BCUT2D eigenvalue weighted by Gasteiger charge is -2.34. The molecule has 1 fully saturated rings. The van der Waals surface area contributed by atoms with Gasteiger partial charge in [-0.3, -0.25) is 19.2 Å². The van der Waals surface area contributed by atoms with E-state index in [4.69, 9.17) is 9.47 Å². The number of carbonyl (C=O) groups excluding carboxylic acids is 4. The van der Waals surface area contributed by atoms with Gasteiger partial charge < -0.3 is 24.4 Å². The highest BCUT2D eigenvalue weighted by Gasteiger charge is 2.35. The van der Waals surface area contributed by atoms with Crippen LogP contribution >= 0.6 is 0 Å². The summed E-state index contributed by atoms with van der Waals surface area (Å²) < 4.78 is 15.3. The first-order valence-electron chi connectivity index (χ1n) is 8.33. The van der Waals surface area contributed by atoms with E-state index in [1.54, 1.807) is 6.07 Å². The molecule has 2 rings (SSSR count). The summed E-state index contributed by atoms with van der Waals surface area (Å²) in [6, 6.07) is 3.69. The third-order valence-electron chi connectivity index (χ3n) is 4.16. The van der Waals surface area contributed by atoms with Gasteiger partial charge in [0.15, 0.2) is 23.9 Å². The molecule has 1 atom stereocenters. The van der Waals surface area contributed by atoms with E-state index < -0.39 is 23.8 Å². The van der Waals surface area contributed by atoms with Crippen LogP contribution in [0.1, 0.15) is 23.7 Å². The molecule has 9 heteroatoms. The summed E-state index contributed by atoms with van der Waals surface area (Å²) in [5.41, 5.74) is 0.455. The van der Waals surface area contributed by atoms with Crippen LogP contribution in [0.3, 0.4) is 0 Å². The molecule has 0 bridgehead atoms. The molecule has 27 heavy (non-hydrogen) atoms. The van der Waals surface area contributed by atoms with E-state index in [1.807, 2.05) is 0 Å². The van der Waals surface area contributed by atoms with E-state index in [0.717, 1.165) is 0 Å². The molecule has 0 saturated carbocycles. The fourth-order valence-corrected chi connectivity index (χ4v) is 2.69. The number of hydrogen-bond acceptors (Lipinski definition) is 7. The van der Waals surface area contributed by atoms with Gasteiger partial charge in [0, 0.05) is 18.7 Å². The number of amides is 2. The van der Waals surface area contributed by atoms with Gasteiger partial charge in [-0.05, 0) is 25.1 Å². The number of benzene rings is 1. The van der Waals surface area contributed by atoms with Crippen molar-refractivity contribution in [2.45, 2.75) is 19.4 Å². The van der Waals surface area contributed by atoms with Gasteiger partial charge in [-0.15, -0.1) is 0 Å². The molecule has 0 aromatic heterocycles. The highest BCUT2D eigenvalue weighted by molar-refractivity contribution is 5.95. The van der Waals surface area contributed by atoms with Crippen molar-refractivity contribution >= 4 is 23.6 Å². The van der Waals surface area contributed by atoms with E-state index in [2.05, 4.69) is 10.1 Å². The molecule has 1 aromatic carbocycles.